The van der Waals surface area contributed by atoms with E-state index in [1.807, 2.05) is 31.5 Å². The summed E-state index contributed by atoms with van der Waals surface area (Å²) in [6, 6.07) is 3.61. The second kappa shape index (κ2) is 4.85. The van der Waals surface area contributed by atoms with E-state index in [-0.39, 0.29) is 0 Å². The minimum Gasteiger partial charge on any atom is -0.385 e. The molecule has 1 aliphatic rings. The van der Waals surface area contributed by atoms with E-state index in [4.69, 9.17) is 10.1 Å². The molecule has 92 valence electrons. The molecular formula is C13H18N2O2. The van der Waals surface area contributed by atoms with Gasteiger partial charge in [-0.3, -0.25) is 5.41 Å². The van der Waals surface area contributed by atoms with E-state index in [0.29, 0.717) is 31.5 Å². The number of rotatable bonds is 2. The fourth-order valence-corrected chi connectivity index (χ4v) is 2.09. The number of ether oxygens (including phenoxy) is 1. The van der Waals surface area contributed by atoms with Crippen LogP contribution in [0, 0.1) is 5.41 Å². The summed E-state index contributed by atoms with van der Waals surface area (Å²) in [6.07, 6.45) is 6.70. The van der Waals surface area contributed by atoms with Crippen molar-refractivity contribution in [3.8, 4) is 0 Å². The molecule has 0 saturated carbocycles. The summed E-state index contributed by atoms with van der Waals surface area (Å²) < 4.78 is 6.97. The molecule has 1 aliphatic heterocycles. The van der Waals surface area contributed by atoms with Crippen LogP contribution in [-0.2, 0) is 10.3 Å². The SMILES string of the molecule is C/C=C\n1ccc(C2(O)CCOCC2)cc1=N. The first-order chi connectivity index (χ1) is 8.15. The van der Waals surface area contributed by atoms with Gasteiger partial charge in [-0.05, 0) is 24.6 Å². The van der Waals surface area contributed by atoms with E-state index in [2.05, 4.69) is 0 Å². The predicted molar refractivity (Wildman–Crippen MR) is 65.2 cm³/mol. The lowest BCUT2D eigenvalue weighted by Gasteiger charge is -2.32. The van der Waals surface area contributed by atoms with Gasteiger partial charge in [-0.25, -0.2) is 0 Å². The fraction of sp³-hybridized carbons (Fsp3) is 0.462. The van der Waals surface area contributed by atoms with E-state index in [1.165, 1.54) is 0 Å². The average Bonchev–Trinajstić information content (AvgIpc) is 2.33. The first-order valence-electron chi connectivity index (χ1n) is 5.86. The number of nitrogens with one attached hydrogen (secondary N) is 1. The molecule has 0 bridgehead atoms. The zero-order valence-corrected chi connectivity index (χ0v) is 10.0. The van der Waals surface area contributed by atoms with Gasteiger partial charge in [-0.2, -0.15) is 0 Å². The fourth-order valence-electron chi connectivity index (χ4n) is 2.09. The number of pyridine rings is 1. The summed E-state index contributed by atoms with van der Waals surface area (Å²) in [5.41, 5.74) is 0.357. The summed E-state index contributed by atoms with van der Waals surface area (Å²) in [6.45, 7) is 3.06. The lowest BCUT2D eigenvalue weighted by atomic mass is 9.87. The predicted octanol–water partition coefficient (Wildman–Crippen LogP) is 1.46. The lowest BCUT2D eigenvalue weighted by Crippen LogP contribution is -2.34. The van der Waals surface area contributed by atoms with Crippen LogP contribution in [0.4, 0.5) is 0 Å². The van der Waals surface area contributed by atoms with Crippen LogP contribution in [0.25, 0.3) is 6.20 Å². The highest BCUT2D eigenvalue weighted by Gasteiger charge is 2.31. The second-order valence-electron chi connectivity index (χ2n) is 4.33. The van der Waals surface area contributed by atoms with Gasteiger partial charge in [0.15, 0.2) is 0 Å². The Morgan fingerprint density at radius 2 is 2.18 bits per heavy atom. The number of nitrogens with zero attached hydrogens (tertiary/aromatic N) is 1. The highest BCUT2D eigenvalue weighted by Crippen LogP contribution is 2.30. The van der Waals surface area contributed by atoms with Crippen LogP contribution in [-0.4, -0.2) is 22.9 Å². The number of hydrogen-bond acceptors (Lipinski definition) is 3. The molecule has 0 unspecified atom stereocenters. The highest BCUT2D eigenvalue weighted by atomic mass is 16.5. The Balaban J connectivity index is 2.33. The Labute approximate surface area is 101 Å². The van der Waals surface area contributed by atoms with E-state index < -0.39 is 5.60 Å². The summed E-state index contributed by atoms with van der Waals surface area (Å²) in [5.74, 6) is 0. The van der Waals surface area contributed by atoms with Crippen LogP contribution in [0.1, 0.15) is 25.3 Å². The first-order valence-corrected chi connectivity index (χ1v) is 5.86. The Bertz CT molecular complexity index is 471. The third-order valence-electron chi connectivity index (χ3n) is 3.15. The zero-order valence-electron chi connectivity index (χ0n) is 10.0. The minimum atomic E-state index is -0.830. The molecule has 1 aromatic heterocycles. The maximum absolute atomic E-state index is 10.5. The minimum absolute atomic E-state index is 0.375. The summed E-state index contributed by atoms with van der Waals surface area (Å²) in [7, 11) is 0. The highest BCUT2D eigenvalue weighted by molar-refractivity contribution is 5.26. The monoisotopic (exact) mass is 234 g/mol. The van der Waals surface area contributed by atoms with Crippen molar-refractivity contribution in [3.05, 3.63) is 35.5 Å². The third-order valence-corrected chi connectivity index (χ3v) is 3.15. The van der Waals surface area contributed by atoms with Gasteiger partial charge in [0.05, 0.1) is 5.60 Å². The molecule has 17 heavy (non-hydrogen) atoms. The molecular weight excluding hydrogens is 216 g/mol. The van der Waals surface area contributed by atoms with Crippen molar-refractivity contribution in [2.45, 2.75) is 25.4 Å². The second-order valence-corrected chi connectivity index (χ2v) is 4.33. The lowest BCUT2D eigenvalue weighted by molar-refractivity contribution is -0.0680. The smallest absolute Gasteiger partial charge is 0.129 e. The molecule has 0 atom stereocenters. The molecule has 2 rings (SSSR count). The van der Waals surface area contributed by atoms with Crippen LogP contribution in [0.2, 0.25) is 0 Å². The largest absolute Gasteiger partial charge is 0.385 e. The molecule has 1 saturated heterocycles. The molecule has 1 fully saturated rings. The zero-order chi connectivity index (χ0) is 12.3. The van der Waals surface area contributed by atoms with E-state index >= 15 is 0 Å². The Kier molecular flexibility index (Phi) is 3.45. The Hall–Kier alpha value is -1.39. The van der Waals surface area contributed by atoms with Crippen molar-refractivity contribution < 1.29 is 9.84 Å². The number of aliphatic hydroxyl groups is 1. The van der Waals surface area contributed by atoms with Gasteiger partial charge in [0.1, 0.15) is 5.49 Å². The van der Waals surface area contributed by atoms with Crippen molar-refractivity contribution in [3.63, 3.8) is 0 Å². The van der Waals surface area contributed by atoms with Crippen molar-refractivity contribution in [2.75, 3.05) is 13.2 Å². The van der Waals surface area contributed by atoms with Gasteiger partial charge in [0, 0.05) is 38.5 Å². The van der Waals surface area contributed by atoms with Crippen molar-refractivity contribution >= 4 is 6.20 Å². The van der Waals surface area contributed by atoms with Gasteiger partial charge >= 0.3 is 0 Å². The maximum atomic E-state index is 10.5. The topological polar surface area (TPSA) is 58.2 Å². The molecule has 0 amide bonds. The maximum Gasteiger partial charge on any atom is 0.129 e. The van der Waals surface area contributed by atoms with Crippen molar-refractivity contribution in [1.29, 1.82) is 5.41 Å². The van der Waals surface area contributed by atoms with Gasteiger partial charge < -0.3 is 14.4 Å². The molecule has 2 N–H and O–H groups in total. The van der Waals surface area contributed by atoms with Gasteiger partial charge in [0.25, 0.3) is 0 Å². The quantitative estimate of drug-likeness (QED) is 0.813. The molecule has 4 heteroatoms. The van der Waals surface area contributed by atoms with Crippen LogP contribution < -0.4 is 5.49 Å². The van der Waals surface area contributed by atoms with Crippen LogP contribution in [0.5, 0.6) is 0 Å². The Morgan fingerprint density at radius 1 is 1.47 bits per heavy atom. The molecule has 0 aromatic carbocycles. The standard InChI is InChI=1S/C13H18N2O2/c1-2-6-15-7-3-11(10-12(15)14)13(16)4-8-17-9-5-13/h2-3,6-7,10,14,16H,4-5,8-9H2,1H3/b6-2-,14-12?. The summed E-state index contributed by atoms with van der Waals surface area (Å²) >= 11 is 0. The normalized spacial score (nSPS) is 19.6. The third kappa shape index (κ3) is 2.48. The van der Waals surface area contributed by atoms with E-state index in [9.17, 15) is 5.11 Å². The number of aromatic nitrogens is 1. The molecule has 0 spiro atoms. The van der Waals surface area contributed by atoms with E-state index in [1.54, 1.807) is 10.6 Å². The van der Waals surface area contributed by atoms with Crippen molar-refractivity contribution in [2.24, 2.45) is 0 Å². The van der Waals surface area contributed by atoms with Crippen molar-refractivity contribution in [1.82, 2.24) is 4.57 Å². The Morgan fingerprint density at radius 3 is 2.76 bits per heavy atom. The van der Waals surface area contributed by atoms with Gasteiger partial charge in [-0.1, -0.05) is 6.08 Å². The number of hydrogen-bond donors (Lipinski definition) is 2. The first kappa shape index (κ1) is 12.1. The van der Waals surface area contributed by atoms with Gasteiger partial charge in [0.2, 0.25) is 0 Å². The van der Waals surface area contributed by atoms with Crippen LogP contribution >= 0.6 is 0 Å². The van der Waals surface area contributed by atoms with E-state index in [0.717, 1.165) is 5.56 Å². The molecule has 1 aromatic rings. The van der Waals surface area contributed by atoms with Crippen LogP contribution in [0.3, 0.4) is 0 Å². The average molecular weight is 234 g/mol. The molecule has 0 aliphatic carbocycles. The molecule has 4 nitrogen and oxygen atoms in total. The number of allylic oxidation sites excluding steroid dienone is 1. The molecule has 0 radical (unpaired) electrons. The summed E-state index contributed by atoms with van der Waals surface area (Å²) in [5, 5.41) is 18.4. The van der Waals surface area contributed by atoms with Gasteiger partial charge in [-0.15, -0.1) is 0 Å². The summed E-state index contributed by atoms with van der Waals surface area (Å²) in [4.78, 5) is 0. The van der Waals surface area contributed by atoms with Crippen LogP contribution in [0.15, 0.2) is 24.4 Å². The molecule has 2 heterocycles.